The van der Waals surface area contributed by atoms with Gasteiger partial charge in [0.05, 0.1) is 6.10 Å². The van der Waals surface area contributed by atoms with Crippen LogP contribution in [-0.4, -0.2) is 39.7 Å². The van der Waals surface area contributed by atoms with E-state index < -0.39 is 14.8 Å². The Kier molecular flexibility index (Phi) is 9.83. The average Bonchev–Trinajstić information content (AvgIpc) is 2.33. The lowest BCUT2D eigenvalue weighted by Crippen LogP contribution is -2.51. The van der Waals surface area contributed by atoms with E-state index in [1.807, 2.05) is 34.6 Å². The minimum atomic E-state index is -2.80. The van der Waals surface area contributed by atoms with Crippen LogP contribution in [0, 0.1) is 0 Å². The molecule has 1 atom stereocenters. The van der Waals surface area contributed by atoms with E-state index in [4.69, 9.17) is 18.0 Å². The zero-order chi connectivity index (χ0) is 17.3. The van der Waals surface area contributed by atoms with E-state index in [2.05, 4.69) is 13.5 Å². The molecule has 130 valence electrons. The third kappa shape index (κ3) is 8.68. The molecule has 0 bridgehead atoms. The molecule has 0 aliphatic carbocycles. The summed E-state index contributed by atoms with van der Waals surface area (Å²) in [7, 11) is -2.80. The first-order valence-corrected chi connectivity index (χ1v) is 9.91. The molecule has 0 fully saturated rings. The van der Waals surface area contributed by atoms with E-state index in [1.165, 1.54) is 0 Å². The third-order valence-corrected chi connectivity index (χ3v) is 6.10. The minimum Gasteiger partial charge on any atom is -0.460 e. The zero-order valence-corrected chi connectivity index (χ0v) is 16.1. The summed E-state index contributed by atoms with van der Waals surface area (Å²) in [6, 6.07) is 0.738. The first-order chi connectivity index (χ1) is 10.1. The molecule has 0 spiro atoms. The van der Waals surface area contributed by atoms with Crippen molar-refractivity contribution >= 4 is 14.8 Å². The van der Waals surface area contributed by atoms with Gasteiger partial charge in [0, 0.05) is 23.8 Å². The van der Waals surface area contributed by atoms with Crippen LogP contribution in [-0.2, 0) is 22.8 Å². The average molecular weight is 333 g/mol. The first-order valence-electron chi connectivity index (χ1n) is 7.98. The van der Waals surface area contributed by atoms with E-state index in [-0.39, 0.29) is 24.9 Å². The maximum atomic E-state index is 11.5. The van der Waals surface area contributed by atoms with Gasteiger partial charge >= 0.3 is 14.8 Å². The van der Waals surface area contributed by atoms with Crippen molar-refractivity contribution in [2.45, 2.75) is 79.2 Å². The van der Waals surface area contributed by atoms with Crippen molar-refractivity contribution in [1.82, 2.24) is 0 Å². The van der Waals surface area contributed by atoms with Crippen LogP contribution in [0.25, 0.3) is 0 Å². The minimum absolute atomic E-state index is 0.0159. The van der Waals surface area contributed by atoms with Crippen molar-refractivity contribution in [1.29, 1.82) is 0 Å². The molecule has 0 rings (SSSR count). The normalized spacial score (nSPS) is 13.5. The number of rotatable bonds is 11. The molecule has 6 heteroatoms. The zero-order valence-electron chi connectivity index (χ0n) is 15.1. The Balaban J connectivity index is 4.84. The number of carbonyl (C=O) groups excluding carboxylic acids is 1. The van der Waals surface area contributed by atoms with Gasteiger partial charge in [0.1, 0.15) is 6.61 Å². The SMILES string of the molecule is C=C(C)C(=O)OCC(C)O[Si](CCC)(OC(C)C)OC(C)C. The first kappa shape index (κ1) is 21.3. The summed E-state index contributed by atoms with van der Waals surface area (Å²) in [6.45, 7) is 17.1. The van der Waals surface area contributed by atoms with Gasteiger partial charge in [0.15, 0.2) is 0 Å². The second-order valence-electron chi connectivity index (χ2n) is 6.07. The van der Waals surface area contributed by atoms with E-state index in [0.29, 0.717) is 5.57 Å². The third-order valence-electron chi connectivity index (χ3n) is 2.57. The van der Waals surface area contributed by atoms with Gasteiger partial charge < -0.3 is 18.0 Å². The molecular formula is C16H32O5Si. The van der Waals surface area contributed by atoms with Crippen LogP contribution in [0.5, 0.6) is 0 Å². The summed E-state index contributed by atoms with van der Waals surface area (Å²) in [4.78, 5) is 11.5. The second kappa shape index (κ2) is 10.2. The van der Waals surface area contributed by atoms with E-state index in [1.54, 1.807) is 6.92 Å². The highest BCUT2D eigenvalue weighted by molar-refractivity contribution is 6.60. The van der Waals surface area contributed by atoms with E-state index in [9.17, 15) is 4.79 Å². The maximum absolute atomic E-state index is 11.5. The predicted molar refractivity (Wildman–Crippen MR) is 89.6 cm³/mol. The molecule has 0 aliphatic rings. The maximum Gasteiger partial charge on any atom is 0.501 e. The number of hydrogen-bond donors (Lipinski definition) is 0. The molecule has 5 nitrogen and oxygen atoms in total. The summed E-state index contributed by atoms with van der Waals surface area (Å²) in [6.07, 6.45) is 0.646. The molecule has 0 aliphatic heterocycles. The van der Waals surface area contributed by atoms with Crippen LogP contribution >= 0.6 is 0 Å². The molecular weight excluding hydrogens is 300 g/mol. The molecule has 0 heterocycles. The Morgan fingerprint density at radius 1 is 1.05 bits per heavy atom. The quantitative estimate of drug-likeness (QED) is 0.328. The van der Waals surface area contributed by atoms with Crippen LogP contribution in [0.1, 0.15) is 54.9 Å². The van der Waals surface area contributed by atoms with Gasteiger partial charge in [-0.3, -0.25) is 0 Å². The highest BCUT2D eigenvalue weighted by Crippen LogP contribution is 2.23. The van der Waals surface area contributed by atoms with Crippen molar-refractivity contribution in [3.05, 3.63) is 12.2 Å². The topological polar surface area (TPSA) is 54.0 Å². The molecule has 22 heavy (non-hydrogen) atoms. The standard InChI is InChI=1S/C16H32O5Si/c1-9-10-22(19-13(4)5,20-14(6)7)21-15(8)11-18-16(17)12(2)3/h13-15H,2,9-11H2,1,3-8H3. The second-order valence-corrected chi connectivity index (χ2v) is 8.65. The largest absolute Gasteiger partial charge is 0.501 e. The lowest BCUT2D eigenvalue weighted by molar-refractivity contribution is -0.142. The number of ether oxygens (including phenoxy) is 1. The van der Waals surface area contributed by atoms with Crippen LogP contribution < -0.4 is 0 Å². The summed E-state index contributed by atoms with van der Waals surface area (Å²) >= 11 is 0. The van der Waals surface area contributed by atoms with E-state index >= 15 is 0 Å². The molecule has 0 saturated carbocycles. The highest BCUT2D eigenvalue weighted by Gasteiger charge is 2.43. The lowest BCUT2D eigenvalue weighted by atomic mass is 10.3. The molecule has 0 radical (unpaired) electrons. The van der Waals surface area contributed by atoms with Crippen molar-refractivity contribution < 1.29 is 22.8 Å². The summed E-state index contributed by atoms with van der Waals surface area (Å²) in [5.41, 5.74) is 0.376. The lowest BCUT2D eigenvalue weighted by Gasteiger charge is -2.35. The molecule has 0 amide bonds. The summed E-state index contributed by atoms with van der Waals surface area (Å²) < 4.78 is 23.4. The van der Waals surface area contributed by atoms with Crippen LogP contribution in [0.3, 0.4) is 0 Å². The van der Waals surface area contributed by atoms with Gasteiger partial charge in [-0.25, -0.2) is 4.79 Å². The van der Waals surface area contributed by atoms with E-state index in [0.717, 1.165) is 12.5 Å². The Morgan fingerprint density at radius 3 is 1.91 bits per heavy atom. The van der Waals surface area contributed by atoms with Crippen molar-refractivity contribution in [3.63, 3.8) is 0 Å². The Hall–Kier alpha value is -0.693. The van der Waals surface area contributed by atoms with Gasteiger partial charge in [-0.05, 0) is 41.5 Å². The van der Waals surface area contributed by atoms with Crippen LogP contribution in [0.15, 0.2) is 12.2 Å². The van der Waals surface area contributed by atoms with Gasteiger partial charge in [-0.2, -0.15) is 0 Å². The smallest absolute Gasteiger partial charge is 0.460 e. The Morgan fingerprint density at radius 2 is 1.55 bits per heavy atom. The fourth-order valence-corrected chi connectivity index (χ4v) is 5.19. The highest BCUT2D eigenvalue weighted by atomic mass is 28.4. The van der Waals surface area contributed by atoms with Gasteiger partial charge in [-0.15, -0.1) is 0 Å². The Bertz CT molecular complexity index is 344. The fraction of sp³-hybridized carbons (Fsp3) is 0.812. The fourth-order valence-electron chi connectivity index (χ4n) is 1.94. The van der Waals surface area contributed by atoms with Crippen molar-refractivity contribution in [2.75, 3.05) is 6.61 Å². The number of hydrogen-bond acceptors (Lipinski definition) is 5. The van der Waals surface area contributed by atoms with Gasteiger partial charge in [0.25, 0.3) is 0 Å². The summed E-state index contributed by atoms with van der Waals surface area (Å²) in [5.74, 6) is -0.409. The Labute approximate surface area is 136 Å². The van der Waals surface area contributed by atoms with Crippen molar-refractivity contribution in [2.24, 2.45) is 0 Å². The van der Waals surface area contributed by atoms with Gasteiger partial charge in [-0.1, -0.05) is 19.9 Å². The molecule has 1 unspecified atom stereocenters. The van der Waals surface area contributed by atoms with Crippen molar-refractivity contribution in [3.8, 4) is 0 Å². The number of carbonyl (C=O) groups is 1. The molecule has 0 aromatic carbocycles. The van der Waals surface area contributed by atoms with Gasteiger partial charge in [0.2, 0.25) is 0 Å². The molecule has 0 aromatic rings. The van der Waals surface area contributed by atoms with Crippen LogP contribution in [0.2, 0.25) is 6.04 Å². The summed E-state index contributed by atoms with van der Waals surface area (Å²) in [5, 5.41) is 0. The molecule has 0 N–H and O–H groups in total. The number of esters is 1. The monoisotopic (exact) mass is 332 g/mol. The molecule has 0 saturated heterocycles. The van der Waals surface area contributed by atoms with Crippen LogP contribution in [0.4, 0.5) is 0 Å². The predicted octanol–water partition coefficient (Wildman–Crippen LogP) is 3.71. The molecule has 0 aromatic heterocycles.